The van der Waals surface area contributed by atoms with Gasteiger partial charge in [0, 0.05) is 0 Å². The Kier molecular flexibility index (Phi) is 4.90. The molecule has 1 heteroatoms. The first kappa shape index (κ1) is 15.1. The highest BCUT2D eigenvalue weighted by Gasteiger charge is 2.04. The monoisotopic (exact) mass is 300 g/mol. The van der Waals surface area contributed by atoms with Crippen LogP contribution in [0.1, 0.15) is 22.3 Å². The number of hydrogen-bond acceptors (Lipinski definition) is 1. The Morgan fingerprint density at radius 2 is 1.43 bits per heavy atom. The van der Waals surface area contributed by atoms with Gasteiger partial charge in [-0.2, -0.15) is 0 Å². The summed E-state index contributed by atoms with van der Waals surface area (Å²) >= 11 is 0. The van der Waals surface area contributed by atoms with Crippen molar-refractivity contribution in [2.75, 3.05) is 0 Å². The zero-order valence-corrected chi connectivity index (χ0v) is 13.1. The van der Waals surface area contributed by atoms with Gasteiger partial charge in [0.1, 0.15) is 12.4 Å². The molecule has 0 aromatic heterocycles. The summed E-state index contributed by atoms with van der Waals surface area (Å²) in [6.07, 6.45) is 2.78. The van der Waals surface area contributed by atoms with Gasteiger partial charge in [-0.1, -0.05) is 79.4 Å². The molecule has 0 radical (unpaired) electrons. The fourth-order valence-electron chi connectivity index (χ4n) is 2.58. The molecule has 0 atom stereocenters. The normalized spacial score (nSPS) is 10.3. The minimum Gasteiger partial charge on any atom is -0.489 e. The molecule has 0 amide bonds. The Balaban J connectivity index is 1.77. The highest BCUT2D eigenvalue weighted by Crippen LogP contribution is 2.22. The maximum atomic E-state index is 5.94. The minimum absolute atomic E-state index is 0.582. The molecule has 0 aliphatic carbocycles. The fraction of sp³-hybridized carbons (Fsp3) is 0.0909. The van der Waals surface area contributed by atoms with Gasteiger partial charge in [-0.15, -0.1) is 0 Å². The van der Waals surface area contributed by atoms with Gasteiger partial charge in [-0.25, -0.2) is 0 Å². The lowest BCUT2D eigenvalue weighted by Crippen LogP contribution is -1.97. The van der Waals surface area contributed by atoms with Crippen LogP contribution in [0.3, 0.4) is 0 Å². The van der Waals surface area contributed by atoms with E-state index in [-0.39, 0.29) is 0 Å². The summed E-state index contributed by atoms with van der Waals surface area (Å²) in [6.45, 7) is 4.50. The number of ether oxygens (including phenoxy) is 1. The number of hydrogen-bond donors (Lipinski definition) is 0. The maximum Gasteiger partial charge on any atom is 0.120 e. The third kappa shape index (κ3) is 4.10. The molecular weight excluding hydrogens is 280 g/mol. The molecular formula is C22H20O. The molecule has 0 unspecified atom stereocenters. The van der Waals surface area contributed by atoms with Crippen LogP contribution in [0, 0.1) is 0 Å². The summed E-state index contributed by atoms with van der Waals surface area (Å²) in [5.74, 6) is 0.894. The zero-order chi connectivity index (χ0) is 15.9. The van der Waals surface area contributed by atoms with Crippen molar-refractivity contribution < 1.29 is 4.74 Å². The van der Waals surface area contributed by atoms with E-state index in [1.54, 1.807) is 0 Å². The Hall–Kier alpha value is -2.80. The predicted octanol–water partition coefficient (Wildman–Crippen LogP) is 5.50. The molecule has 114 valence electrons. The van der Waals surface area contributed by atoms with Gasteiger partial charge in [0.15, 0.2) is 0 Å². The standard InChI is InChI=1S/C22H20O/c1-2-20-13-14-22(23-17-19-11-7-4-8-12-19)16-21(20)15-18-9-5-3-6-10-18/h2-14,16H,1,15,17H2. The van der Waals surface area contributed by atoms with Crippen molar-refractivity contribution in [3.05, 3.63) is 108 Å². The topological polar surface area (TPSA) is 9.23 Å². The van der Waals surface area contributed by atoms with Crippen molar-refractivity contribution in [2.24, 2.45) is 0 Å². The quantitative estimate of drug-likeness (QED) is 0.584. The van der Waals surface area contributed by atoms with Crippen molar-refractivity contribution in [2.45, 2.75) is 13.0 Å². The highest BCUT2D eigenvalue weighted by atomic mass is 16.5. The molecule has 0 saturated carbocycles. The first-order chi connectivity index (χ1) is 11.3. The van der Waals surface area contributed by atoms with E-state index in [0.717, 1.165) is 17.7 Å². The molecule has 0 fully saturated rings. The summed E-state index contributed by atoms with van der Waals surface area (Å²) in [5.41, 5.74) is 4.85. The lowest BCUT2D eigenvalue weighted by molar-refractivity contribution is 0.306. The molecule has 23 heavy (non-hydrogen) atoms. The molecule has 0 N–H and O–H groups in total. The van der Waals surface area contributed by atoms with E-state index in [4.69, 9.17) is 4.74 Å². The van der Waals surface area contributed by atoms with E-state index < -0.39 is 0 Å². The second kappa shape index (κ2) is 7.46. The Morgan fingerprint density at radius 1 is 0.783 bits per heavy atom. The summed E-state index contributed by atoms with van der Waals surface area (Å²) in [5, 5.41) is 0. The van der Waals surface area contributed by atoms with Crippen molar-refractivity contribution >= 4 is 6.08 Å². The van der Waals surface area contributed by atoms with Gasteiger partial charge in [0.25, 0.3) is 0 Å². The van der Waals surface area contributed by atoms with E-state index in [0.29, 0.717) is 6.61 Å². The van der Waals surface area contributed by atoms with Crippen molar-refractivity contribution in [3.63, 3.8) is 0 Å². The third-order valence-corrected chi connectivity index (χ3v) is 3.82. The SMILES string of the molecule is C=Cc1ccc(OCc2ccccc2)cc1Cc1ccccc1. The Labute approximate surface area is 137 Å². The molecule has 3 aromatic carbocycles. The summed E-state index contributed by atoms with van der Waals surface area (Å²) in [4.78, 5) is 0. The van der Waals surface area contributed by atoms with E-state index >= 15 is 0 Å². The van der Waals surface area contributed by atoms with Gasteiger partial charge in [0.2, 0.25) is 0 Å². The lowest BCUT2D eigenvalue weighted by Gasteiger charge is -2.11. The molecule has 0 saturated heterocycles. The lowest BCUT2D eigenvalue weighted by atomic mass is 9.99. The van der Waals surface area contributed by atoms with E-state index in [9.17, 15) is 0 Å². The summed E-state index contributed by atoms with van der Waals surface area (Å²) in [7, 11) is 0. The average Bonchev–Trinajstić information content (AvgIpc) is 2.62. The van der Waals surface area contributed by atoms with E-state index in [1.807, 2.05) is 36.4 Å². The summed E-state index contributed by atoms with van der Waals surface area (Å²) in [6, 6.07) is 26.9. The molecule has 1 nitrogen and oxygen atoms in total. The molecule has 0 aliphatic heterocycles. The highest BCUT2D eigenvalue weighted by molar-refractivity contribution is 5.55. The van der Waals surface area contributed by atoms with Crippen LogP contribution in [0.2, 0.25) is 0 Å². The average molecular weight is 300 g/mol. The molecule has 3 aromatic rings. The predicted molar refractivity (Wildman–Crippen MR) is 96.6 cm³/mol. The largest absolute Gasteiger partial charge is 0.489 e. The number of benzene rings is 3. The molecule has 0 aliphatic rings. The van der Waals surface area contributed by atoms with Crippen molar-refractivity contribution in [1.82, 2.24) is 0 Å². The van der Waals surface area contributed by atoms with E-state index in [2.05, 4.69) is 55.1 Å². The van der Waals surface area contributed by atoms with Crippen LogP contribution in [0.15, 0.2) is 85.4 Å². The van der Waals surface area contributed by atoms with Crippen LogP contribution in [0.4, 0.5) is 0 Å². The zero-order valence-electron chi connectivity index (χ0n) is 13.1. The first-order valence-corrected chi connectivity index (χ1v) is 7.81. The Morgan fingerprint density at radius 3 is 2.09 bits per heavy atom. The van der Waals surface area contributed by atoms with Crippen molar-refractivity contribution in [1.29, 1.82) is 0 Å². The molecule has 0 spiro atoms. The fourth-order valence-corrected chi connectivity index (χ4v) is 2.58. The van der Waals surface area contributed by atoms with Gasteiger partial charge >= 0.3 is 0 Å². The number of rotatable bonds is 6. The summed E-state index contributed by atoms with van der Waals surface area (Å²) < 4.78 is 5.94. The van der Waals surface area contributed by atoms with Crippen LogP contribution in [-0.4, -0.2) is 0 Å². The Bertz CT molecular complexity index is 760. The van der Waals surface area contributed by atoms with Crippen LogP contribution in [0.5, 0.6) is 5.75 Å². The van der Waals surface area contributed by atoms with Gasteiger partial charge in [-0.05, 0) is 40.8 Å². The van der Waals surface area contributed by atoms with Crippen LogP contribution in [-0.2, 0) is 13.0 Å². The molecule has 0 heterocycles. The van der Waals surface area contributed by atoms with Gasteiger partial charge < -0.3 is 4.74 Å². The van der Waals surface area contributed by atoms with Crippen molar-refractivity contribution in [3.8, 4) is 5.75 Å². The van der Waals surface area contributed by atoms with Crippen LogP contribution < -0.4 is 4.74 Å². The third-order valence-electron chi connectivity index (χ3n) is 3.82. The van der Waals surface area contributed by atoms with Crippen LogP contribution in [0.25, 0.3) is 6.08 Å². The molecule has 0 bridgehead atoms. The smallest absolute Gasteiger partial charge is 0.120 e. The van der Waals surface area contributed by atoms with E-state index in [1.165, 1.54) is 16.7 Å². The maximum absolute atomic E-state index is 5.94. The minimum atomic E-state index is 0.582. The van der Waals surface area contributed by atoms with Gasteiger partial charge in [-0.3, -0.25) is 0 Å². The molecule has 3 rings (SSSR count). The first-order valence-electron chi connectivity index (χ1n) is 7.81. The second-order valence-electron chi connectivity index (χ2n) is 5.50. The van der Waals surface area contributed by atoms with Gasteiger partial charge in [0.05, 0.1) is 0 Å². The second-order valence-corrected chi connectivity index (χ2v) is 5.50. The van der Waals surface area contributed by atoms with Crippen LogP contribution >= 0.6 is 0 Å².